The Labute approximate surface area is 107 Å². The highest BCUT2D eigenvalue weighted by Gasteiger charge is 2.07. The van der Waals surface area contributed by atoms with Gasteiger partial charge in [0.25, 0.3) is 0 Å². The largest absolute Gasteiger partial charge is 0.460 e. The Morgan fingerprint density at radius 1 is 1.41 bits per heavy atom. The van der Waals surface area contributed by atoms with Crippen LogP contribution >= 0.6 is 11.6 Å². The van der Waals surface area contributed by atoms with Crippen molar-refractivity contribution >= 4 is 17.6 Å². The zero-order valence-electron chi connectivity index (χ0n) is 10.5. The number of rotatable bonds is 5. The predicted octanol–water partition coefficient (Wildman–Crippen LogP) is 2.51. The van der Waals surface area contributed by atoms with E-state index in [9.17, 15) is 4.79 Å². The molecule has 0 saturated carbocycles. The SMILES string of the molecule is CCc1ccc(Cl)c(COC(=O)CN(C)C)c1. The third-order valence-corrected chi connectivity index (χ3v) is 2.72. The van der Waals surface area contributed by atoms with E-state index < -0.39 is 0 Å². The van der Waals surface area contributed by atoms with Crippen LogP contribution in [0.15, 0.2) is 18.2 Å². The van der Waals surface area contributed by atoms with E-state index >= 15 is 0 Å². The first kappa shape index (κ1) is 14.0. The zero-order valence-corrected chi connectivity index (χ0v) is 11.3. The lowest BCUT2D eigenvalue weighted by molar-refractivity contribution is -0.145. The number of halogens is 1. The molecular formula is C13H18ClNO2. The standard InChI is InChI=1S/C13H18ClNO2/c1-4-10-5-6-12(14)11(7-10)9-17-13(16)8-15(2)3/h5-7H,4,8-9H2,1-3H3. The molecule has 0 aliphatic heterocycles. The van der Waals surface area contributed by atoms with Crippen molar-refractivity contribution in [2.45, 2.75) is 20.0 Å². The van der Waals surface area contributed by atoms with Crippen LogP contribution in [0.25, 0.3) is 0 Å². The topological polar surface area (TPSA) is 29.5 Å². The summed E-state index contributed by atoms with van der Waals surface area (Å²) in [4.78, 5) is 13.2. The summed E-state index contributed by atoms with van der Waals surface area (Å²) in [7, 11) is 3.65. The van der Waals surface area contributed by atoms with Crippen molar-refractivity contribution in [3.63, 3.8) is 0 Å². The molecule has 0 aliphatic carbocycles. The summed E-state index contributed by atoms with van der Waals surface area (Å²) in [5.41, 5.74) is 2.05. The highest BCUT2D eigenvalue weighted by molar-refractivity contribution is 6.31. The Morgan fingerprint density at radius 3 is 2.71 bits per heavy atom. The number of ether oxygens (including phenoxy) is 1. The van der Waals surface area contributed by atoms with Crippen molar-refractivity contribution in [3.8, 4) is 0 Å². The van der Waals surface area contributed by atoms with Gasteiger partial charge in [0.05, 0.1) is 6.54 Å². The number of nitrogens with zero attached hydrogens (tertiary/aromatic N) is 1. The van der Waals surface area contributed by atoms with Crippen molar-refractivity contribution in [2.24, 2.45) is 0 Å². The van der Waals surface area contributed by atoms with Gasteiger partial charge in [-0.15, -0.1) is 0 Å². The van der Waals surface area contributed by atoms with Gasteiger partial charge in [-0.05, 0) is 32.1 Å². The summed E-state index contributed by atoms with van der Waals surface area (Å²) in [5.74, 6) is -0.243. The fourth-order valence-corrected chi connectivity index (χ4v) is 1.59. The molecule has 0 bridgehead atoms. The zero-order chi connectivity index (χ0) is 12.8. The van der Waals surface area contributed by atoms with Gasteiger partial charge in [0, 0.05) is 10.6 Å². The molecule has 0 saturated heterocycles. The maximum Gasteiger partial charge on any atom is 0.320 e. The van der Waals surface area contributed by atoms with Gasteiger partial charge in [-0.3, -0.25) is 9.69 Å². The molecule has 0 aromatic heterocycles. The summed E-state index contributed by atoms with van der Waals surface area (Å²) in [6.45, 7) is 2.59. The minimum absolute atomic E-state index is 0.235. The molecule has 3 nitrogen and oxygen atoms in total. The maximum absolute atomic E-state index is 11.4. The van der Waals surface area contributed by atoms with Gasteiger partial charge < -0.3 is 4.74 Å². The summed E-state index contributed by atoms with van der Waals surface area (Å²) in [5, 5.41) is 0.639. The smallest absolute Gasteiger partial charge is 0.320 e. The molecule has 94 valence electrons. The second-order valence-electron chi connectivity index (χ2n) is 4.18. The summed E-state index contributed by atoms with van der Waals surface area (Å²) in [6.07, 6.45) is 0.940. The van der Waals surface area contributed by atoms with Crippen LogP contribution in [0.3, 0.4) is 0 Å². The molecule has 0 unspecified atom stereocenters. The van der Waals surface area contributed by atoms with Crippen LogP contribution in [-0.2, 0) is 22.6 Å². The molecule has 0 amide bonds. The van der Waals surface area contributed by atoms with E-state index in [1.165, 1.54) is 5.56 Å². The van der Waals surface area contributed by atoms with Gasteiger partial charge in [0.1, 0.15) is 6.61 Å². The Balaban J connectivity index is 2.59. The first-order chi connectivity index (χ1) is 8.02. The molecule has 0 spiro atoms. The molecule has 1 aromatic carbocycles. The third kappa shape index (κ3) is 4.75. The minimum Gasteiger partial charge on any atom is -0.460 e. The van der Waals surface area contributed by atoms with E-state index in [2.05, 4.69) is 6.92 Å². The molecule has 1 aromatic rings. The molecule has 0 N–H and O–H groups in total. The third-order valence-electron chi connectivity index (χ3n) is 2.35. The van der Waals surface area contributed by atoms with Crippen LogP contribution in [0.4, 0.5) is 0 Å². The Kier molecular flexibility index (Phi) is 5.45. The van der Waals surface area contributed by atoms with Gasteiger partial charge in [0.15, 0.2) is 0 Å². The van der Waals surface area contributed by atoms with Crippen LogP contribution < -0.4 is 0 Å². The van der Waals surface area contributed by atoms with Crippen LogP contribution in [-0.4, -0.2) is 31.5 Å². The molecule has 4 heteroatoms. The number of carbonyl (C=O) groups is 1. The lowest BCUT2D eigenvalue weighted by atomic mass is 10.1. The van der Waals surface area contributed by atoms with Crippen LogP contribution in [0, 0.1) is 0 Å². The number of likely N-dealkylation sites (N-methyl/N-ethyl adjacent to an activating group) is 1. The van der Waals surface area contributed by atoms with Gasteiger partial charge >= 0.3 is 5.97 Å². The fourth-order valence-electron chi connectivity index (χ4n) is 1.42. The highest BCUT2D eigenvalue weighted by atomic mass is 35.5. The molecule has 0 fully saturated rings. The first-order valence-corrected chi connectivity index (χ1v) is 5.98. The van der Waals surface area contributed by atoms with Gasteiger partial charge in [-0.1, -0.05) is 30.7 Å². The van der Waals surface area contributed by atoms with E-state index in [1.54, 1.807) is 4.90 Å². The van der Waals surface area contributed by atoms with E-state index in [0.717, 1.165) is 12.0 Å². The van der Waals surface area contributed by atoms with Crippen LogP contribution in [0.2, 0.25) is 5.02 Å². The predicted molar refractivity (Wildman–Crippen MR) is 69.2 cm³/mol. The number of carbonyl (C=O) groups excluding carboxylic acids is 1. The molecule has 1 rings (SSSR count). The second-order valence-corrected chi connectivity index (χ2v) is 4.58. The Bertz CT molecular complexity index is 391. The van der Waals surface area contributed by atoms with Crippen molar-refractivity contribution in [1.29, 1.82) is 0 Å². The first-order valence-electron chi connectivity index (χ1n) is 5.60. The van der Waals surface area contributed by atoms with Crippen molar-refractivity contribution in [2.75, 3.05) is 20.6 Å². The highest BCUT2D eigenvalue weighted by Crippen LogP contribution is 2.19. The number of hydrogen-bond acceptors (Lipinski definition) is 3. The number of aryl methyl sites for hydroxylation is 1. The molecule has 0 atom stereocenters. The Hall–Kier alpha value is -1.06. The lowest BCUT2D eigenvalue weighted by Crippen LogP contribution is -2.23. The summed E-state index contributed by atoms with van der Waals surface area (Å²) in [6, 6.07) is 5.80. The van der Waals surface area contributed by atoms with Crippen LogP contribution in [0.1, 0.15) is 18.1 Å². The van der Waals surface area contributed by atoms with Crippen molar-refractivity contribution < 1.29 is 9.53 Å². The molecule has 0 radical (unpaired) electrons. The maximum atomic E-state index is 11.4. The minimum atomic E-state index is -0.243. The normalized spacial score (nSPS) is 10.6. The van der Waals surface area contributed by atoms with Gasteiger partial charge in [0.2, 0.25) is 0 Å². The fraction of sp³-hybridized carbons (Fsp3) is 0.462. The van der Waals surface area contributed by atoms with E-state index in [0.29, 0.717) is 5.02 Å². The number of esters is 1. The number of hydrogen-bond donors (Lipinski definition) is 0. The van der Waals surface area contributed by atoms with Crippen molar-refractivity contribution in [1.82, 2.24) is 4.90 Å². The van der Waals surface area contributed by atoms with E-state index in [4.69, 9.17) is 16.3 Å². The van der Waals surface area contributed by atoms with Gasteiger partial charge in [-0.2, -0.15) is 0 Å². The van der Waals surface area contributed by atoms with E-state index in [1.807, 2.05) is 32.3 Å². The molecular weight excluding hydrogens is 238 g/mol. The molecule has 17 heavy (non-hydrogen) atoms. The summed E-state index contributed by atoms with van der Waals surface area (Å²) < 4.78 is 5.15. The summed E-state index contributed by atoms with van der Waals surface area (Å²) >= 11 is 6.04. The van der Waals surface area contributed by atoms with E-state index in [-0.39, 0.29) is 19.1 Å². The average molecular weight is 256 g/mol. The molecule has 0 aliphatic rings. The lowest BCUT2D eigenvalue weighted by Gasteiger charge is -2.11. The quantitative estimate of drug-likeness (QED) is 0.758. The monoisotopic (exact) mass is 255 g/mol. The van der Waals surface area contributed by atoms with Gasteiger partial charge in [-0.25, -0.2) is 0 Å². The Morgan fingerprint density at radius 2 is 2.12 bits per heavy atom. The molecule has 0 heterocycles. The average Bonchev–Trinajstić information content (AvgIpc) is 2.27. The van der Waals surface area contributed by atoms with Crippen LogP contribution in [0.5, 0.6) is 0 Å². The number of benzene rings is 1. The second kappa shape index (κ2) is 6.62. The van der Waals surface area contributed by atoms with Crippen molar-refractivity contribution in [3.05, 3.63) is 34.3 Å².